The van der Waals surface area contributed by atoms with Gasteiger partial charge >= 0.3 is 0 Å². The fourth-order valence-electron chi connectivity index (χ4n) is 1.28. The van der Waals surface area contributed by atoms with E-state index in [1.54, 1.807) is 0 Å². The van der Waals surface area contributed by atoms with Crippen LogP contribution in [0.4, 0.5) is 0 Å². The second kappa shape index (κ2) is 2.46. The Morgan fingerprint density at radius 3 is 2.45 bits per heavy atom. The maximum Gasteiger partial charge on any atom is 0.266 e. The molecule has 1 unspecified atom stereocenters. The average molecular weight is 158 g/mol. The van der Waals surface area contributed by atoms with Gasteiger partial charge in [-0.15, -0.1) is 0 Å². The number of carbonyl (C=O) groups is 1. The van der Waals surface area contributed by atoms with Gasteiger partial charge in [0.1, 0.15) is 5.54 Å². The van der Waals surface area contributed by atoms with Gasteiger partial charge in [-0.2, -0.15) is 0 Å². The van der Waals surface area contributed by atoms with Crippen molar-refractivity contribution >= 4 is 5.91 Å². The van der Waals surface area contributed by atoms with Gasteiger partial charge in [0.05, 0.1) is 6.54 Å². The monoisotopic (exact) mass is 158 g/mol. The van der Waals surface area contributed by atoms with E-state index in [2.05, 4.69) is 0 Å². The molecule has 4 nitrogen and oxygen atoms in total. The van der Waals surface area contributed by atoms with Crippen molar-refractivity contribution < 1.29 is 10.0 Å². The molecule has 1 aliphatic heterocycles. The molecule has 0 radical (unpaired) electrons. The molecule has 1 fully saturated rings. The number of hydrogen-bond donors (Lipinski definition) is 2. The SMILES string of the molecule is CC(C)C1(N)CCN(O)C1=O. The van der Waals surface area contributed by atoms with E-state index in [0.717, 1.165) is 0 Å². The summed E-state index contributed by atoms with van der Waals surface area (Å²) in [5.74, 6) is -0.278. The summed E-state index contributed by atoms with van der Waals surface area (Å²) in [4.78, 5) is 11.2. The lowest BCUT2D eigenvalue weighted by Gasteiger charge is -2.25. The quantitative estimate of drug-likeness (QED) is 0.526. The third kappa shape index (κ3) is 1.12. The zero-order chi connectivity index (χ0) is 8.65. The zero-order valence-electron chi connectivity index (χ0n) is 6.87. The van der Waals surface area contributed by atoms with E-state index in [0.29, 0.717) is 18.0 Å². The van der Waals surface area contributed by atoms with Crippen LogP contribution in [0.25, 0.3) is 0 Å². The van der Waals surface area contributed by atoms with Gasteiger partial charge in [0.15, 0.2) is 0 Å². The number of hydrogen-bond acceptors (Lipinski definition) is 3. The molecule has 1 aliphatic rings. The van der Waals surface area contributed by atoms with E-state index in [1.807, 2.05) is 13.8 Å². The summed E-state index contributed by atoms with van der Waals surface area (Å²) in [7, 11) is 0. The Hall–Kier alpha value is -0.610. The summed E-state index contributed by atoms with van der Waals surface area (Å²) in [5, 5.41) is 9.69. The normalized spacial score (nSPS) is 32.1. The van der Waals surface area contributed by atoms with E-state index in [-0.39, 0.29) is 11.8 Å². The maximum atomic E-state index is 11.2. The van der Waals surface area contributed by atoms with Gasteiger partial charge < -0.3 is 5.73 Å². The molecular weight excluding hydrogens is 144 g/mol. The Balaban J connectivity index is 2.81. The van der Waals surface area contributed by atoms with Crippen molar-refractivity contribution in [1.82, 2.24) is 5.06 Å². The summed E-state index contributed by atoms with van der Waals surface area (Å²) in [6, 6.07) is 0. The molecule has 0 bridgehead atoms. The number of hydroxylamine groups is 2. The van der Waals surface area contributed by atoms with Crippen LogP contribution in [-0.4, -0.2) is 28.3 Å². The first-order valence-electron chi connectivity index (χ1n) is 3.78. The molecule has 1 amide bonds. The van der Waals surface area contributed by atoms with Crippen molar-refractivity contribution in [1.29, 1.82) is 0 Å². The number of amides is 1. The minimum atomic E-state index is -0.839. The van der Waals surface area contributed by atoms with Crippen molar-refractivity contribution in [3.8, 4) is 0 Å². The Morgan fingerprint density at radius 1 is 1.73 bits per heavy atom. The molecule has 3 N–H and O–H groups in total. The molecule has 1 atom stereocenters. The van der Waals surface area contributed by atoms with Crippen molar-refractivity contribution in [3.05, 3.63) is 0 Å². The van der Waals surface area contributed by atoms with Crippen LogP contribution in [0.3, 0.4) is 0 Å². The van der Waals surface area contributed by atoms with Crippen LogP contribution in [0.1, 0.15) is 20.3 Å². The average Bonchev–Trinajstić information content (AvgIpc) is 2.18. The minimum Gasteiger partial charge on any atom is -0.317 e. The summed E-state index contributed by atoms with van der Waals surface area (Å²) < 4.78 is 0. The van der Waals surface area contributed by atoms with Crippen molar-refractivity contribution in [2.75, 3.05) is 6.54 Å². The first-order chi connectivity index (χ1) is 4.98. The van der Waals surface area contributed by atoms with Crippen LogP contribution >= 0.6 is 0 Å². The number of nitrogens with two attached hydrogens (primary N) is 1. The van der Waals surface area contributed by atoms with Crippen LogP contribution in [0, 0.1) is 5.92 Å². The molecule has 1 rings (SSSR count). The molecule has 64 valence electrons. The summed E-state index contributed by atoms with van der Waals surface area (Å²) in [5.41, 5.74) is 4.95. The van der Waals surface area contributed by atoms with E-state index in [4.69, 9.17) is 10.9 Å². The minimum absolute atomic E-state index is 0.0761. The molecule has 1 heterocycles. The van der Waals surface area contributed by atoms with Gasteiger partial charge in [-0.3, -0.25) is 10.0 Å². The third-order valence-corrected chi connectivity index (χ3v) is 2.40. The van der Waals surface area contributed by atoms with Crippen molar-refractivity contribution in [3.63, 3.8) is 0 Å². The van der Waals surface area contributed by atoms with Gasteiger partial charge in [0.2, 0.25) is 0 Å². The Kier molecular flexibility index (Phi) is 1.90. The van der Waals surface area contributed by atoms with E-state index < -0.39 is 5.54 Å². The highest BCUT2D eigenvalue weighted by Crippen LogP contribution is 2.26. The Labute approximate surface area is 65.9 Å². The zero-order valence-corrected chi connectivity index (χ0v) is 6.87. The molecule has 0 aromatic heterocycles. The second-order valence-corrected chi connectivity index (χ2v) is 3.37. The molecule has 0 saturated carbocycles. The standard InChI is InChI=1S/C7H14N2O2/c1-5(2)7(8)3-4-9(11)6(7)10/h5,11H,3-4,8H2,1-2H3. The Bertz CT molecular complexity index is 181. The fourth-order valence-corrected chi connectivity index (χ4v) is 1.28. The summed E-state index contributed by atoms with van der Waals surface area (Å²) in [6.07, 6.45) is 0.542. The van der Waals surface area contributed by atoms with Crippen LogP contribution < -0.4 is 5.73 Å². The van der Waals surface area contributed by atoms with Gasteiger partial charge in [-0.1, -0.05) is 13.8 Å². The molecule has 11 heavy (non-hydrogen) atoms. The Morgan fingerprint density at radius 2 is 2.27 bits per heavy atom. The topological polar surface area (TPSA) is 66.6 Å². The van der Waals surface area contributed by atoms with Crippen LogP contribution in [0.15, 0.2) is 0 Å². The highest BCUT2D eigenvalue weighted by atomic mass is 16.5. The van der Waals surface area contributed by atoms with Crippen molar-refractivity contribution in [2.24, 2.45) is 11.7 Å². The molecule has 1 saturated heterocycles. The lowest BCUT2D eigenvalue weighted by molar-refractivity contribution is -0.161. The largest absolute Gasteiger partial charge is 0.317 e. The van der Waals surface area contributed by atoms with Gasteiger partial charge in [0.25, 0.3) is 5.91 Å². The smallest absolute Gasteiger partial charge is 0.266 e. The highest BCUT2D eigenvalue weighted by molar-refractivity contribution is 5.87. The molecule has 0 aromatic rings. The van der Waals surface area contributed by atoms with Crippen LogP contribution in [0.2, 0.25) is 0 Å². The first kappa shape index (κ1) is 8.49. The van der Waals surface area contributed by atoms with Gasteiger partial charge in [-0.25, -0.2) is 5.06 Å². The third-order valence-electron chi connectivity index (χ3n) is 2.40. The van der Waals surface area contributed by atoms with Gasteiger partial charge in [-0.05, 0) is 12.3 Å². The predicted molar refractivity (Wildman–Crippen MR) is 39.9 cm³/mol. The number of rotatable bonds is 1. The van der Waals surface area contributed by atoms with E-state index >= 15 is 0 Å². The molecule has 0 spiro atoms. The highest BCUT2D eigenvalue weighted by Gasteiger charge is 2.45. The molecule has 4 heteroatoms. The van der Waals surface area contributed by atoms with Crippen LogP contribution in [-0.2, 0) is 4.79 Å². The maximum absolute atomic E-state index is 11.2. The fraction of sp³-hybridized carbons (Fsp3) is 0.857. The summed E-state index contributed by atoms with van der Waals surface area (Å²) in [6.45, 7) is 4.13. The number of nitrogens with zero attached hydrogens (tertiary/aromatic N) is 1. The van der Waals surface area contributed by atoms with Crippen molar-refractivity contribution in [2.45, 2.75) is 25.8 Å². The summed E-state index contributed by atoms with van der Waals surface area (Å²) >= 11 is 0. The van der Waals surface area contributed by atoms with Crippen LogP contribution in [0.5, 0.6) is 0 Å². The first-order valence-corrected chi connectivity index (χ1v) is 3.78. The van der Waals surface area contributed by atoms with E-state index in [1.165, 1.54) is 0 Å². The van der Waals surface area contributed by atoms with Gasteiger partial charge in [0, 0.05) is 0 Å². The second-order valence-electron chi connectivity index (χ2n) is 3.37. The van der Waals surface area contributed by atoms with E-state index in [9.17, 15) is 4.79 Å². The predicted octanol–water partition coefficient (Wildman–Crippen LogP) is -0.0386. The molecular formula is C7H14N2O2. The molecule has 0 aliphatic carbocycles. The number of carbonyl (C=O) groups excluding carboxylic acids is 1. The molecule has 0 aromatic carbocycles. The lowest BCUT2D eigenvalue weighted by atomic mass is 9.86. The lowest BCUT2D eigenvalue weighted by Crippen LogP contribution is -2.51.